The Morgan fingerprint density at radius 2 is 0.727 bits per heavy atom. The minimum Gasteiger partial charge on any atom is -0.549 e. The Labute approximate surface area is 160 Å². The van der Waals surface area contributed by atoms with E-state index in [9.17, 15) is 39.6 Å². The quantitative estimate of drug-likeness (QED) is 0.236. The van der Waals surface area contributed by atoms with E-state index in [2.05, 4.69) is 0 Å². The van der Waals surface area contributed by atoms with Gasteiger partial charge in [-0.1, -0.05) is 0 Å². The van der Waals surface area contributed by atoms with Gasteiger partial charge in [-0.25, -0.2) is 0 Å². The van der Waals surface area contributed by atoms with E-state index in [1.165, 1.54) is 0 Å². The first kappa shape index (κ1) is 26.3. The molecule has 0 fully saturated rings. The molecule has 0 aromatic heterocycles. The summed E-state index contributed by atoms with van der Waals surface area (Å²) in [6.07, 6.45) is 0. The summed E-state index contributed by atoms with van der Waals surface area (Å²) >= 11 is 0. The van der Waals surface area contributed by atoms with E-state index in [1.807, 2.05) is 0 Å². The van der Waals surface area contributed by atoms with Gasteiger partial charge in [0.1, 0.15) is 0 Å². The molecule has 22 heavy (non-hydrogen) atoms. The Bertz CT molecular complexity index is 325. The predicted octanol–water partition coefficient (Wildman–Crippen LogP) is -8.17. The predicted molar refractivity (Wildman–Crippen MR) is 64.4 cm³/mol. The van der Waals surface area contributed by atoms with Gasteiger partial charge in [0.05, 0.1) is 23.9 Å². The molecule has 0 aliphatic heterocycles. The molecule has 0 aromatic rings. The normalized spacial score (nSPS) is 9.73. The van der Waals surface area contributed by atoms with Crippen LogP contribution in [0.2, 0.25) is 0 Å². The van der Waals surface area contributed by atoms with Crippen molar-refractivity contribution in [2.24, 2.45) is 0 Å². The molecular weight excluding hydrogens is 514 g/mol. The van der Waals surface area contributed by atoms with Crippen molar-refractivity contribution in [3.05, 3.63) is 0 Å². The number of hydrogen-bond acceptors (Lipinski definition) is 10. The number of carbonyl (C=O) groups is 4. The molecule has 0 heterocycles. The van der Waals surface area contributed by atoms with Gasteiger partial charge in [-0.15, -0.1) is 0 Å². The van der Waals surface area contributed by atoms with Gasteiger partial charge in [0, 0.05) is 39.3 Å². The molecule has 0 saturated carbocycles. The van der Waals surface area contributed by atoms with Gasteiger partial charge in [0.15, 0.2) is 0 Å². The summed E-state index contributed by atoms with van der Waals surface area (Å²) in [5.41, 5.74) is 0. The molecule has 0 aromatic carbocycles. The van der Waals surface area contributed by atoms with Gasteiger partial charge in [-0.2, -0.15) is 0 Å². The van der Waals surface area contributed by atoms with Gasteiger partial charge in [-0.05, 0) is 0 Å². The molecule has 0 saturated heterocycles. The number of nitrogens with zero attached hydrogens (tertiary/aromatic N) is 2. The topological polar surface area (TPSA) is 167 Å². The molecule has 0 spiro atoms. The number of aliphatic carboxylic acids is 4. The van der Waals surface area contributed by atoms with Crippen molar-refractivity contribution >= 4 is 71.7 Å². The van der Waals surface area contributed by atoms with Crippen LogP contribution in [0.5, 0.6) is 0 Å². The Morgan fingerprint density at radius 3 is 0.864 bits per heavy atom. The Hall–Kier alpha value is -0.603. The summed E-state index contributed by atoms with van der Waals surface area (Å²) in [5, 5.41) is 41.6. The van der Waals surface area contributed by atoms with Gasteiger partial charge >= 0.3 is 47.8 Å². The maximum Gasteiger partial charge on any atom is 2.00 e. The number of carboxylic acid groups (broad SMARTS) is 4. The fourth-order valence-corrected chi connectivity index (χ4v) is 1.44. The van der Waals surface area contributed by atoms with Crippen LogP contribution in [0.4, 0.5) is 0 Å². The van der Waals surface area contributed by atoms with Crippen LogP contribution >= 0.6 is 0 Å². The summed E-state index contributed by atoms with van der Waals surface area (Å²) in [6, 6.07) is 0. The van der Waals surface area contributed by atoms with E-state index in [0.717, 1.165) is 9.80 Å². The van der Waals surface area contributed by atoms with Crippen molar-refractivity contribution in [3.8, 4) is 0 Å². The van der Waals surface area contributed by atoms with E-state index in [1.54, 1.807) is 0 Å². The molecule has 0 bridgehead atoms. The van der Waals surface area contributed by atoms with E-state index in [4.69, 9.17) is 0 Å². The maximum absolute atomic E-state index is 10.4. The first-order valence-corrected chi connectivity index (χ1v) is 5.44. The average molecular weight is 526 g/mol. The average Bonchev–Trinajstić information content (AvgIpc) is 2.22. The Balaban J connectivity index is -0.00000180. The van der Waals surface area contributed by atoms with E-state index in [-0.39, 0.29) is 60.9 Å². The molecule has 0 unspecified atom stereocenters. The smallest absolute Gasteiger partial charge is 0.549 e. The molecule has 4 radical (unpaired) electrons. The molecule has 0 aliphatic rings. The molecule has 12 heteroatoms. The maximum atomic E-state index is 10.4. The zero-order chi connectivity index (χ0) is 15.7. The molecule has 0 aliphatic carbocycles. The summed E-state index contributed by atoms with van der Waals surface area (Å²) in [7, 11) is 0. The minimum absolute atomic E-state index is 0. The van der Waals surface area contributed by atoms with Crippen molar-refractivity contribution in [2.45, 2.75) is 0 Å². The summed E-state index contributed by atoms with van der Waals surface area (Å²) in [5.74, 6) is -6.12. The van der Waals surface area contributed by atoms with Crippen molar-refractivity contribution in [3.63, 3.8) is 0 Å². The van der Waals surface area contributed by atoms with E-state index >= 15 is 0 Å². The van der Waals surface area contributed by atoms with Crippen LogP contribution in [0.1, 0.15) is 0 Å². The minimum atomic E-state index is -1.53. The first-order valence-electron chi connectivity index (χ1n) is 5.44. The van der Waals surface area contributed by atoms with Crippen LogP contribution in [0.15, 0.2) is 0 Å². The zero-order valence-corrected chi connectivity index (χ0v) is 17.1. The monoisotopic (exact) mass is 528 g/mol. The van der Waals surface area contributed by atoms with Crippen LogP contribution in [0.25, 0.3) is 0 Å². The molecule has 0 rings (SSSR count). The summed E-state index contributed by atoms with van der Waals surface area (Å²) < 4.78 is 0. The van der Waals surface area contributed by atoms with Crippen LogP contribution < -0.4 is 20.4 Å². The Kier molecular flexibility index (Phi) is 16.8. The van der Waals surface area contributed by atoms with Crippen molar-refractivity contribution in [2.75, 3.05) is 39.3 Å². The fraction of sp³-hybridized carbons (Fsp3) is 0.600. The summed E-state index contributed by atoms with van der Waals surface area (Å²) in [6.45, 7) is -3.25. The second-order valence-corrected chi connectivity index (χ2v) is 3.91. The SMILES string of the molecule is O=C([O-])CN(CCN(CC(=O)[O-])CC(=O)[O-])CC(=O)[O-].[Sn+2].[Sn+2]. The second kappa shape index (κ2) is 14.0. The summed E-state index contributed by atoms with van der Waals surface area (Å²) in [4.78, 5) is 43.4. The van der Waals surface area contributed by atoms with Crippen LogP contribution in [0.3, 0.4) is 0 Å². The molecule has 0 atom stereocenters. The number of hydrogen-bond donors (Lipinski definition) is 0. The third-order valence-corrected chi connectivity index (χ3v) is 2.14. The molecule has 118 valence electrons. The van der Waals surface area contributed by atoms with Crippen molar-refractivity contribution in [1.29, 1.82) is 0 Å². The van der Waals surface area contributed by atoms with Crippen molar-refractivity contribution < 1.29 is 39.6 Å². The molecular formula is C10H12N2O8Sn2. The number of carbonyl (C=O) groups excluding carboxylic acids is 4. The third kappa shape index (κ3) is 15.8. The largest absolute Gasteiger partial charge is 2.00 e. The number of carboxylic acids is 4. The van der Waals surface area contributed by atoms with Crippen LogP contribution in [0, 0.1) is 0 Å². The first-order chi connectivity index (χ1) is 9.20. The second-order valence-electron chi connectivity index (χ2n) is 3.91. The van der Waals surface area contributed by atoms with Crippen LogP contribution in [-0.2, 0) is 19.2 Å². The van der Waals surface area contributed by atoms with E-state index < -0.39 is 50.1 Å². The Morgan fingerprint density at radius 1 is 0.545 bits per heavy atom. The molecule has 0 amide bonds. The standard InChI is InChI=1S/C10H16N2O8.2Sn/c13-7(14)3-11(4-8(15)16)1-2-12(5-9(17)18)6-10(19)20;;/h1-6H2,(H,13,14)(H,15,16)(H,17,18)(H,19,20);;/q;2*+2/p-4. The van der Waals surface area contributed by atoms with Gasteiger partial charge in [-0.3, -0.25) is 9.80 Å². The van der Waals surface area contributed by atoms with Gasteiger partial charge in [0.2, 0.25) is 0 Å². The van der Waals surface area contributed by atoms with E-state index in [0.29, 0.717) is 0 Å². The van der Waals surface area contributed by atoms with Gasteiger partial charge < -0.3 is 39.6 Å². The zero-order valence-electron chi connectivity index (χ0n) is 11.4. The van der Waals surface area contributed by atoms with Crippen LogP contribution in [-0.4, -0.2) is 121 Å². The molecule has 0 N–H and O–H groups in total. The fourth-order valence-electron chi connectivity index (χ4n) is 1.44. The van der Waals surface area contributed by atoms with Gasteiger partial charge in [0.25, 0.3) is 0 Å². The third-order valence-electron chi connectivity index (χ3n) is 2.14. The van der Waals surface area contributed by atoms with Crippen molar-refractivity contribution in [1.82, 2.24) is 9.80 Å². The number of rotatable bonds is 11. The molecule has 10 nitrogen and oxygen atoms in total.